The van der Waals surface area contributed by atoms with E-state index in [2.05, 4.69) is 37.2 Å². The molecule has 2 heterocycles. The zero-order chi connectivity index (χ0) is 17.0. The van der Waals surface area contributed by atoms with E-state index < -0.39 is 0 Å². The van der Waals surface area contributed by atoms with Crippen LogP contribution in [0.5, 0.6) is 0 Å². The number of aromatic nitrogens is 1. The second kappa shape index (κ2) is 7.49. The van der Waals surface area contributed by atoms with E-state index in [0.29, 0.717) is 13.0 Å². The van der Waals surface area contributed by atoms with Crippen LogP contribution in [0.25, 0.3) is 0 Å². The maximum atomic E-state index is 12.4. The van der Waals surface area contributed by atoms with Crippen molar-refractivity contribution in [3.8, 4) is 0 Å². The Hall–Kier alpha value is -1.33. The Labute approximate surface area is 139 Å². The summed E-state index contributed by atoms with van der Waals surface area (Å²) < 4.78 is 2.08. The lowest BCUT2D eigenvalue weighted by Gasteiger charge is -2.38. The first-order valence-corrected chi connectivity index (χ1v) is 8.58. The normalized spacial score (nSPS) is 19.6. The fraction of sp³-hybridized carbons (Fsp3) is 0.722. The van der Waals surface area contributed by atoms with Crippen LogP contribution >= 0.6 is 0 Å². The molecule has 1 N–H and O–H groups in total. The summed E-state index contributed by atoms with van der Waals surface area (Å²) in [6, 6.07) is 4.17. The summed E-state index contributed by atoms with van der Waals surface area (Å²) in [5.41, 5.74) is -0.0981. The molecule has 0 radical (unpaired) electrons. The average Bonchev–Trinajstić information content (AvgIpc) is 3.01. The number of hydrogen-bond donors (Lipinski definition) is 1. The first-order valence-electron chi connectivity index (χ1n) is 8.58. The lowest BCUT2D eigenvalue weighted by molar-refractivity contribution is -0.134. The standard InChI is InChI=1S/C18H31N3O2/c1-15(20-7-5-6-8-20)13-17(23)21-11-9-19(10-12-21)14-16(22)18(2,3)4/h5-8,15-16,22H,9-14H2,1-4H3/t15-,16-/m1/s1. The molecule has 2 rings (SSSR count). The predicted molar refractivity (Wildman–Crippen MR) is 92.2 cm³/mol. The number of nitrogens with zero attached hydrogens (tertiary/aromatic N) is 3. The minimum Gasteiger partial charge on any atom is -0.391 e. The van der Waals surface area contributed by atoms with Gasteiger partial charge in [0.15, 0.2) is 0 Å². The van der Waals surface area contributed by atoms with Crippen molar-refractivity contribution >= 4 is 5.91 Å². The van der Waals surface area contributed by atoms with Gasteiger partial charge in [0.25, 0.3) is 0 Å². The van der Waals surface area contributed by atoms with Crippen LogP contribution in [0, 0.1) is 5.41 Å². The molecule has 0 aliphatic carbocycles. The van der Waals surface area contributed by atoms with Crippen molar-refractivity contribution in [2.75, 3.05) is 32.7 Å². The molecule has 0 saturated carbocycles. The highest BCUT2D eigenvalue weighted by atomic mass is 16.3. The van der Waals surface area contributed by atoms with E-state index in [0.717, 1.165) is 26.2 Å². The fourth-order valence-corrected chi connectivity index (χ4v) is 2.83. The average molecular weight is 321 g/mol. The van der Waals surface area contributed by atoms with Crippen LogP contribution in [-0.2, 0) is 4.79 Å². The van der Waals surface area contributed by atoms with Gasteiger partial charge in [0.05, 0.1) is 6.10 Å². The summed E-state index contributed by atoms with van der Waals surface area (Å²) in [4.78, 5) is 16.7. The highest BCUT2D eigenvalue weighted by Gasteiger charge is 2.27. The van der Waals surface area contributed by atoms with E-state index in [9.17, 15) is 9.90 Å². The molecular weight excluding hydrogens is 290 g/mol. The van der Waals surface area contributed by atoms with Gasteiger partial charge in [-0.15, -0.1) is 0 Å². The van der Waals surface area contributed by atoms with Gasteiger partial charge in [0.1, 0.15) is 0 Å². The second-order valence-corrected chi connectivity index (χ2v) is 7.75. The van der Waals surface area contributed by atoms with Crippen molar-refractivity contribution in [3.05, 3.63) is 24.5 Å². The molecule has 130 valence electrons. The number of carbonyl (C=O) groups excluding carboxylic acids is 1. The van der Waals surface area contributed by atoms with Gasteiger partial charge < -0.3 is 14.6 Å². The summed E-state index contributed by atoms with van der Waals surface area (Å²) in [5, 5.41) is 10.2. The Morgan fingerprint density at radius 1 is 1.13 bits per heavy atom. The van der Waals surface area contributed by atoms with Crippen molar-refractivity contribution in [1.82, 2.24) is 14.4 Å². The third-order valence-electron chi connectivity index (χ3n) is 4.76. The largest absolute Gasteiger partial charge is 0.391 e. The molecule has 0 bridgehead atoms. The molecule has 23 heavy (non-hydrogen) atoms. The minimum absolute atomic E-state index is 0.0981. The molecule has 5 heteroatoms. The first kappa shape index (κ1) is 18.0. The highest BCUT2D eigenvalue weighted by Crippen LogP contribution is 2.20. The Balaban J connectivity index is 1.76. The molecule has 5 nitrogen and oxygen atoms in total. The van der Waals surface area contributed by atoms with Crippen molar-refractivity contribution < 1.29 is 9.90 Å². The van der Waals surface area contributed by atoms with E-state index in [4.69, 9.17) is 0 Å². The van der Waals surface area contributed by atoms with E-state index in [-0.39, 0.29) is 23.5 Å². The summed E-state index contributed by atoms with van der Waals surface area (Å²) in [6.45, 7) is 12.1. The molecule has 0 spiro atoms. The van der Waals surface area contributed by atoms with E-state index in [1.165, 1.54) is 0 Å². The molecule has 1 amide bonds. The van der Waals surface area contributed by atoms with E-state index >= 15 is 0 Å². The van der Waals surface area contributed by atoms with Crippen molar-refractivity contribution in [2.24, 2.45) is 5.41 Å². The number of aliphatic hydroxyl groups excluding tert-OH is 1. The van der Waals surface area contributed by atoms with Crippen LogP contribution in [0.3, 0.4) is 0 Å². The van der Waals surface area contributed by atoms with Crippen LogP contribution in [0.4, 0.5) is 0 Å². The van der Waals surface area contributed by atoms with Crippen LogP contribution in [0.2, 0.25) is 0 Å². The Morgan fingerprint density at radius 2 is 1.70 bits per heavy atom. The second-order valence-electron chi connectivity index (χ2n) is 7.75. The van der Waals surface area contributed by atoms with Crippen molar-refractivity contribution in [1.29, 1.82) is 0 Å². The molecule has 1 aliphatic heterocycles. The maximum absolute atomic E-state index is 12.4. The summed E-state index contributed by atoms with van der Waals surface area (Å²) in [7, 11) is 0. The number of carbonyl (C=O) groups is 1. The number of β-amino-alcohol motifs (C(OH)–C–C–N with tert-alkyl or cyclic N) is 1. The zero-order valence-electron chi connectivity index (χ0n) is 14.9. The third kappa shape index (κ3) is 5.08. The topological polar surface area (TPSA) is 48.7 Å². The molecular formula is C18H31N3O2. The predicted octanol–water partition coefficient (Wildman–Crippen LogP) is 1.99. The molecule has 1 fully saturated rings. The lowest BCUT2D eigenvalue weighted by atomic mass is 9.89. The minimum atomic E-state index is -0.335. The zero-order valence-corrected chi connectivity index (χ0v) is 14.9. The van der Waals surface area contributed by atoms with Gasteiger partial charge in [-0.1, -0.05) is 20.8 Å². The molecule has 0 unspecified atom stereocenters. The smallest absolute Gasteiger partial charge is 0.224 e. The number of rotatable bonds is 5. The molecule has 1 aromatic rings. The van der Waals surface area contributed by atoms with Gasteiger partial charge in [-0.05, 0) is 24.5 Å². The quantitative estimate of drug-likeness (QED) is 0.902. The van der Waals surface area contributed by atoms with Gasteiger partial charge in [-0.2, -0.15) is 0 Å². The van der Waals surface area contributed by atoms with Crippen molar-refractivity contribution in [3.63, 3.8) is 0 Å². The van der Waals surface area contributed by atoms with E-state index in [1.807, 2.05) is 29.4 Å². The molecule has 1 aromatic heterocycles. The number of hydrogen-bond acceptors (Lipinski definition) is 3. The van der Waals surface area contributed by atoms with Gasteiger partial charge >= 0.3 is 0 Å². The lowest BCUT2D eigenvalue weighted by Crippen LogP contribution is -2.51. The number of amides is 1. The molecule has 1 saturated heterocycles. The van der Waals surface area contributed by atoms with Crippen LogP contribution < -0.4 is 0 Å². The van der Waals surface area contributed by atoms with Crippen molar-refractivity contribution in [2.45, 2.75) is 46.3 Å². The monoisotopic (exact) mass is 321 g/mol. The first-order chi connectivity index (χ1) is 10.8. The van der Waals surface area contributed by atoms with Gasteiger partial charge in [-0.3, -0.25) is 9.69 Å². The maximum Gasteiger partial charge on any atom is 0.224 e. The van der Waals surface area contributed by atoms with Gasteiger partial charge in [-0.25, -0.2) is 0 Å². The Kier molecular flexibility index (Phi) is 5.87. The van der Waals surface area contributed by atoms with Crippen LogP contribution in [0.1, 0.15) is 40.2 Å². The number of aliphatic hydroxyl groups is 1. The van der Waals surface area contributed by atoms with Crippen LogP contribution in [0.15, 0.2) is 24.5 Å². The molecule has 2 atom stereocenters. The summed E-state index contributed by atoms with van der Waals surface area (Å²) in [5.74, 6) is 0.224. The summed E-state index contributed by atoms with van der Waals surface area (Å²) in [6.07, 6.45) is 4.21. The van der Waals surface area contributed by atoms with Crippen LogP contribution in [-0.4, -0.2) is 64.2 Å². The fourth-order valence-electron chi connectivity index (χ4n) is 2.83. The Morgan fingerprint density at radius 3 is 2.22 bits per heavy atom. The Bertz CT molecular complexity index is 485. The van der Waals surface area contributed by atoms with E-state index in [1.54, 1.807) is 0 Å². The molecule has 0 aromatic carbocycles. The summed E-state index contributed by atoms with van der Waals surface area (Å²) >= 11 is 0. The number of piperazine rings is 1. The SMILES string of the molecule is C[C@H](CC(=O)N1CCN(C[C@@H](O)C(C)(C)C)CC1)n1cccc1. The van der Waals surface area contributed by atoms with Gasteiger partial charge in [0, 0.05) is 57.6 Å². The highest BCUT2D eigenvalue weighted by molar-refractivity contribution is 5.76. The third-order valence-corrected chi connectivity index (χ3v) is 4.76. The molecule has 1 aliphatic rings. The van der Waals surface area contributed by atoms with Gasteiger partial charge in [0.2, 0.25) is 5.91 Å².